The standard InChI is InChI=1S/C25H40N2/c1-3-10-20-18(8-1)16-24-22(20)12-5-6-13-23-21-11-4-2-9-19(21)17-25(23)27-15-7-14-26-24/h5-6,12-13,18-27H,1-4,7-11,14-17H2/b12-5-,13-6+/t18-,19-,20+,21+,22-,23-,24+,25-/m0/s1. The highest BCUT2D eigenvalue weighted by molar-refractivity contribution is 5.15. The van der Waals surface area contributed by atoms with Gasteiger partial charge in [0.15, 0.2) is 0 Å². The molecule has 0 bridgehead atoms. The van der Waals surface area contributed by atoms with Crippen molar-refractivity contribution < 1.29 is 0 Å². The molecule has 4 saturated carbocycles. The average Bonchev–Trinajstić information content (AvgIpc) is 3.22. The van der Waals surface area contributed by atoms with Crippen molar-refractivity contribution in [2.75, 3.05) is 13.1 Å². The highest BCUT2D eigenvalue weighted by Crippen LogP contribution is 2.48. The number of hydrogen-bond donors (Lipinski definition) is 2. The molecule has 5 rings (SSSR count). The van der Waals surface area contributed by atoms with E-state index in [1.54, 1.807) is 0 Å². The van der Waals surface area contributed by atoms with Crippen LogP contribution in [-0.4, -0.2) is 25.2 Å². The molecule has 0 aromatic heterocycles. The lowest BCUT2D eigenvalue weighted by Gasteiger charge is -2.28. The second-order valence-corrected chi connectivity index (χ2v) is 10.3. The molecule has 8 atom stereocenters. The van der Waals surface area contributed by atoms with Gasteiger partial charge in [-0.3, -0.25) is 0 Å². The molecular weight excluding hydrogens is 328 g/mol. The van der Waals surface area contributed by atoms with E-state index in [0.29, 0.717) is 0 Å². The Kier molecular flexibility index (Phi) is 5.74. The molecular formula is C25H40N2. The van der Waals surface area contributed by atoms with Gasteiger partial charge in [-0.1, -0.05) is 62.8 Å². The molecule has 0 radical (unpaired) electrons. The molecule has 27 heavy (non-hydrogen) atoms. The number of rotatable bonds is 0. The highest BCUT2D eigenvalue weighted by Gasteiger charge is 2.43. The smallest absolute Gasteiger partial charge is 0.0135 e. The van der Waals surface area contributed by atoms with Crippen molar-refractivity contribution in [2.45, 2.75) is 82.7 Å². The van der Waals surface area contributed by atoms with E-state index >= 15 is 0 Å². The van der Waals surface area contributed by atoms with E-state index in [0.717, 1.165) is 47.6 Å². The van der Waals surface area contributed by atoms with Gasteiger partial charge in [-0.25, -0.2) is 0 Å². The zero-order valence-electron chi connectivity index (χ0n) is 17.1. The van der Waals surface area contributed by atoms with Gasteiger partial charge in [0.05, 0.1) is 0 Å². The van der Waals surface area contributed by atoms with Gasteiger partial charge in [0.2, 0.25) is 0 Å². The minimum atomic E-state index is 0.728. The van der Waals surface area contributed by atoms with Gasteiger partial charge in [0.25, 0.3) is 0 Å². The fourth-order valence-corrected chi connectivity index (χ4v) is 7.68. The SMILES string of the molecule is C1=C\[C@H]2[C@@H]3CCCC[C@H]3C[C@H]2NCCCN[C@H]2C[C@@H]3CCCC[C@H]3[C@@H]2/C=C/1. The summed E-state index contributed by atoms with van der Waals surface area (Å²) in [6, 6.07) is 1.46. The molecule has 0 aromatic carbocycles. The van der Waals surface area contributed by atoms with Crippen LogP contribution >= 0.6 is 0 Å². The molecule has 5 aliphatic rings. The van der Waals surface area contributed by atoms with Crippen LogP contribution in [0.3, 0.4) is 0 Å². The maximum atomic E-state index is 3.97. The van der Waals surface area contributed by atoms with Crippen molar-refractivity contribution in [3.05, 3.63) is 24.3 Å². The summed E-state index contributed by atoms with van der Waals surface area (Å²) in [5.41, 5.74) is 0. The van der Waals surface area contributed by atoms with E-state index in [2.05, 4.69) is 34.9 Å². The van der Waals surface area contributed by atoms with Crippen LogP contribution in [0.5, 0.6) is 0 Å². The normalized spacial score (nSPS) is 50.1. The fraction of sp³-hybridized carbons (Fsp3) is 0.840. The second-order valence-electron chi connectivity index (χ2n) is 10.3. The zero-order valence-corrected chi connectivity index (χ0v) is 17.1. The molecule has 2 N–H and O–H groups in total. The van der Waals surface area contributed by atoms with Gasteiger partial charge in [-0.2, -0.15) is 0 Å². The molecule has 1 heterocycles. The van der Waals surface area contributed by atoms with E-state index < -0.39 is 0 Å². The molecule has 150 valence electrons. The van der Waals surface area contributed by atoms with Crippen LogP contribution in [-0.2, 0) is 0 Å². The summed E-state index contributed by atoms with van der Waals surface area (Å²) >= 11 is 0. The third-order valence-corrected chi connectivity index (χ3v) is 8.91. The van der Waals surface area contributed by atoms with Crippen LogP contribution in [0, 0.1) is 35.5 Å². The maximum absolute atomic E-state index is 3.97. The number of fused-ring (bicyclic) bond motifs is 6. The van der Waals surface area contributed by atoms with Crippen molar-refractivity contribution >= 4 is 0 Å². The monoisotopic (exact) mass is 368 g/mol. The van der Waals surface area contributed by atoms with Crippen molar-refractivity contribution in [1.29, 1.82) is 0 Å². The molecule has 2 heteroatoms. The van der Waals surface area contributed by atoms with E-state index in [1.807, 2.05) is 0 Å². The summed E-state index contributed by atoms with van der Waals surface area (Å²) in [5, 5.41) is 7.94. The molecule has 2 nitrogen and oxygen atoms in total. The molecule has 1 aliphatic heterocycles. The van der Waals surface area contributed by atoms with E-state index in [4.69, 9.17) is 0 Å². The first-order valence-electron chi connectivity index (χ1n) is 12.2. The topological polar surface area (TPSA) is 24.1 Å². The van der Waals surface area contributed by atoms with Gasteiger partial charge < -0.3 is 10.6 Å². The Morgan fingerprint density at radius 2 is 1.04 bits per heavy atom. The molecule has 4 aliphatic carbocycles. The van der Waals surface area contributed by atoms with Crippen molar-refractivity contribution in [2.24, 2.45) is 35.5 Å². The van der Waals surface area contributed by atoms with Gasteiger partial charge in [0.1, 0.15) is 0 Å². The average molecular weight is 369 g/mol. The quantitative estimate of drug-likeness (QED) is 0.624. The number of hydrogen-bond acceptors (Lipinski definition) is 2. The minimum Gasteiger partial charge on any atom is -0.313 e. The Hall–Kier alpha value is -0.600. The van der Waals surface area contributed by atoms with Crippen LogP contribution in [0.1, 0.15) is 70.6 Å². The first-order chi connectivity index (χ1) is 13.4. The second kappa shape index (κ2) is 8.41. The van der Waals surface area contributed by atoms with Crippen molar-refractivity contribution in [1.82, 2.24) is 10.6 Å². The Morgan fingerprint density at radius 3 is 1.56 bits per heavy atom. The van der Waals surface area contributed by atoms with Crippen molar-refractivity contribution in [3.63, 3.8) is 0 Å². The van der Waals surface area contributed by atoms with E-state index in [1.165, 1.54) is 83.7 Å². The van der Waals surface area contributed by atoms with Crippen LogP contribution in [0.2, 0.25) is 0 Å². The Bertz CT molecular complexity index is 505. The molecule has 0 unspecified atom stereocenters. The predicted molar refractivity (Wildman–Crippen MR) is 114 cm³/mol. The van der Waals surface area contributed by atoms with E-state index in [-0.39, 0.29) is 0 Å². The largest absolute Gasteiger partial charge is 0.313 e. The minimum absolute atomic E-state index is 0.728. The van der Waals surface area contributed by atoms with Gasteiger partial charge in [0, 0.05) is 12.1 Å². The lowest BCUT2D eigenvalue weighted by Crippen LogP contribution is -2.37. The van der Waals surface area contributed by atoms with Crippen LogP contribution in [0.25, 0.3) is 0 Å². The first kappa shape index (κ1) is 18.4. The number of nitrogens with one attached hydrogen (secondary N) is 2. The van der Waals surface area contributed by atoms with Gasteiger partial charge in [-0.15, -0.1) is 0 Å². The van der Waals surface area contributed by atoms with Crippen molar-refractivity contribution in [3.8, 4) is 0 Å². The summed E-state index contributed by atoms with van der Waals surface area (Å²) < 4.78 is 0. The molecule has 0 amide bonds. The first-order valence-corrected chi connectivity index (χ1v) is 12.2. The number of allylic oxidation sites excluding steroid dienone is 2. The summed E-state index contributed by atoms with van der Waals surface area (Å²) in [6.07, 6.45) is 26.0. The van der Waals surface area contributed by atoms with Gasteiger partial charge in [-0.05, 0) is 80.7 Å². The summed E-state index contributed by atoms with van der Waals surface area (Å²) in [7, 11) is 0. The third-order valence-electron chi connectivity index (χ3n) is 8.91. The molecule has 0 saturated heterocycles. The van der Waals surface area contributed by atoms with Gasteiger partial charge >= 0.3 is 0 Å². The Balaban J connectivity index is 1.33. The van der Waals surface area contributed by atoms with Crippen LogP contribution in [0.4, 0.5) is 0 Å². The lowest BCUT2D eigenvalue weighted by molar-refractivity contribution is 0.247. The van der Waals surface area contributed by atoms with Crippen LogP contribution < -0.4 is 10.6 Å². The van der Waals surface area contributed by atoms with E-state index in [9.17, 15) is 0 Å². The zero-order chi connectivity index (χ0) is 18.1. The maximum Gasteiger partial charge on any atom is 0.0135 e. The highest BCUT2D eigenvalue weighted by atomic mass is 15.0. The summed E-state index contributed by atoms with van der Waals surface area (Å²) in [4.78, 5) is 0. The molecule has 0 aromatic rings. The summed E-state index contributed by atoms with van der Waals surface area (Å²) in [5.74, 6) is 5.43. The Labute approximate surface area is 166 Å². The van der Waals surface area contributed by atoms with Crippen LogP contribution in [0.15, 0.2) is 24.3 Å². The molecule has 0 spiro atoms. The third kappa shape index (κ3) is 3.81. The summed E-state index contributed by atoms with van der Waals surface area (Å²) in [6.45, 7) is 2.39. The fourth-order valence-electron chi connectivity index (χ4n) is 7.68. The Morgan fingerprint density at radius 1 is 0.556 bits per heavy atom. The predicted octanol–water partition coefficient (Wildman–Crippen LogP) is 5.07. The lowest BCUT2D eigenvalue weighted by atomic mass is 9.77. The molecule has 4 fully saturated rings.